The molecule has 0 aliphatic carbocycles. The molecule has 1 N–H and O–H groups in total. The van der Waals surface area contributed by atoms with E-state index in [-0.39, 0.29) is 5.91 Å². The van der Waals surface area contributed by atoms with Crippen LogP contribution in [0.4, 0.5) is 5.69 Å². The van der Waals surface area contributed by atoms with Gasteiger partial charge in [0.15, 0.2) is 5.96 Å². The van der Waals surface area contributed by atoms with Crippen molar-refractivity contribution in [1.29, 1.82) is 0 Å². The Kier molecular flexibility index (Phi) is 4.08. The van der Waals surface area contributed by atoms with E-state index >= 15 is 0 Å². The first-order chi connectivity index (χ1) is 10.2. The van der Waals surface area contributed by atoms with Gasteiger partial charge in [0.05, 0.1) is 6.54 Å². The highest BCUT2D eigenvalue weighted by molar-refractivity contribution is 5.93. The summed E-state index contributed by atoms with van der Waals surface area (Å²) in [5, 5.41) is 3.35. The van der Waals surface area contributed by atoms with Gasteiger partial charge in [0.2, 0.25) is 5.91 Å². The molecule has 0 spiro atoms. The number of nitrogens with zero attached hydrogens (tertiary/aromatic N) is 3. The van der Waals surface area contributed by atoms with E-state index in [1.807, 2.05) is 24.1 Å². The molecule has 112 valence electrons. The molecule has 1 amide bonds. The number of nitrogens with one attached hydrogen (secondary N) is 1. The number of amides is 1. The van der Waals surface area contributed by atoms with Crippen molar-refractivity contribution in [3.8, 4) is 0 Å². The molecule has 1 saturated heterocycles. The molecule has 5 heteroatoms. The number of likely N-dealkylation sites (N-methyl/N-ethyl adjacent to an activating group) is 1. The Balaban J connectivity index is 1.60. The number of benzene rings is 1. The number of hydrogen-bond acceptors (Lipinski definition) is 4. The number of hydrogen-bond donors (Lipinski definition) is 1. The second-order valence-electron chi connectivity index (χ2n) is 5.65. The lowest BCUT2D eigenvalue weighted by molar-refractivity contribution is -0.119. The molecule has 2 heterocycles. The van der Waals surface area contributed by atoms with Crippen molar-refractivity contribution >= 4 is 17.6 Å². The lowest BCUT2D eigenvalue weighted by atomic mass is 10.1. The van der Waals surface area contributed by atoms with Crippen LogP contribution < -0.4 is 10.2 Å². The highest BCUT2D eigenvalue weighted by Gasteiger charge is 2.19. The molecule has 0 aromatic heterocycles. The number of guanidine groups is 1. The molecular weight excluding hydrogens is 264 g/mol. The van der Waals surface area contributed by atoms with E-state index in [1.54, 1.807) is 0 Å². The van der Waals surface area contributed by atoms with Crippen molar-refractivity contribution < 1.29 is 4.79 Å². The summed E-state index contributed by atoms with van der Waals surface area (Å²) in [5.41, 5.74) is 2.21. The predicted molar refractivity (Wildman–Crippen MR) is 84.4 cm³/mol. The van der Waals surface area contributed by atoms with Gasteiger partial charge in [0.25, 0.3) is 0 Å². The summed E-state index contributed by atoms with van der Waals surface area (Å²) in [6, 6.07) is 8.25. The van der Waals surface area contributed by atoms with Gasteiger partial charge < -0.3 is 15.1 Å². The Bertz CT molecular complexity index is 538. The second kappa shape index (κ2) is 6.16. The summed E-state index contributed by atoms with van der Waals surface area (Å²) in [4.78, 5) is 20.3. The van der Waals surface area contributed by atoms with E-state index in [2.05, 4.69) is 27.3 Å². The molecular formula is C16H22N4O. The molecule has 0 bridgehead atoms. The van der Waals surface area contributed by atoms with Crippen LogP contribution in [-0.4, -0.2) is 43.4 Å². The van der Waals surface area contributed by atoms with Crippen LogP contribution in [0.15, 0.2) is 29.3 Å². The Morgan fingerprint density at radius 3 is 2.67 bits per heavy atom. The van der Waals surface area contributed by atoms with Crippen LogP contribution in [0.1, 0.15) is 24.8 Å². The highest BCUT2D eigenvalue weighted by Crippen LogP contribution is 2.21. The third kappa shape index (κ3) is 3.17. The minimum absolute atomic E-state index is 0.245. The van der Waals surface area contributed by atoms with Crippen molar-refractivity contribution in [2.75, 3.05) is 31.6 Å². The van der Waals surface area contributed by atoms with Crippen LogP contribution in [0.3, 0.4) is 0 Å². The van der Waals surface area contributed by atoms with Gasteiger partial charge in [-0.05, 0) is 30.5 Å². The minimum Gasteiger partial charge on any atom is -0.352 e. The van der Waals surface area contributed by atoms with Crippen molar-refractivity contribution in [3.63, 3.8) is 0 Å². The predicted octanol–water partition coefficient (Wildman–Crippen LogP) is 1.59. The van der Waals surface area contributed by atoms with Gasteiger partial charge in [-0.1, -0.05) is 12.1 Å². The second-order valence-corrected chi connectivity index (χ2v) is 5.65. The Morgan fingerprint density at radius 2 is 2.00 bits per heavy atom. The average molecular weight is 286 g/mol. The minimum atomic E-state index is 0.245. The number of rotatable bonds is 3. The van der Waals surface area contributed by atoms with Gasteiger partial charge in [0, 0.05) is 38.8 Å². The normalized spacial score (nSPS) is 18.9. The maximum absolute atomic E-state index is 11.9. The monoisotopic (exact) mass is 286 g/mol. The molecule has 1 fully saturated rings. The van der Waals surface area contributed by atoms with Crippen molar-refractivity contribution in [2.45, 2.75) is 25.8 Å². The zero-order valence-electron chi connectivity index (χ0n) is 12.5. The van der Waals surface area contributed by atoms with Gasteiger partial charge in [-0.25, -0.2) is 0 Å². The van der Waals surface area contributed by atoms with Crippen LogP contribution in [-0.2, 0) is 11.3 Å². The third-order valence-corrected chi connectivity index (χ3v) is 4.08. The standard InChI is InChI=1S/C16H22N4O/c1-19-11-9-17-16(19)18-12-13-5-7-14(8-6-13)20-10-3-2-4-15(20)21/h5-8H,2-4,9-12H2,1H3,(H,17,18). The molecule has 0 atom stereocenters. The number of carbonyl (C=O) groups is 1. The van der Waals surface area contributed by atoms with E-state index in [9.17, 15) is 4.79 Å². The maximum Gasteiger partial charge on any atom is 0.226 e. The van der Waals surface area contributed by atoms with Crippen molar-refractivity contribution in [2.24, 2.45) is 4.99 Å². The van der Waals surface area contributed by atoms with Crippen molar-refractivity contribution in [1.82, 2.24) is 10.2 Å². The molecule has 0 radical (unpaired) electrons. The largest absolute Gasteiger partial charge is 0.352 e. The van der Waals surface area contributed by atoms with E-state index in [1.165, 1.54) is 5.56 Å². The lowest BCUT2D eigenvalue weighted by Crippen LogP contribution is -2.35. The summed E-state index contributed by atoms with van der Waals surface area (Å²) in [6.07, 6.45) is 2.80. The maximum atomic E-state index is 11.9. The van der Waals surface area contributed by atoms with Gasteiger partial charge in [-0.2, -0.15) is 0 Å². The van der Waals surface area contributed by atoms with Gasteiger partial charge in [-0.3, -0.25) is 9.79 Å². The van der Waals surface area contributed by atoms with Gasteiger partial charge in [0.1, 0.15) is 0 Å². The number of piperidine rings is 1. The van der Waals surface area contributed by atoms with E-state index < -0.39 is 0 Å². The van der Waals surface area contributed by atoms with Crippen LogP contribution in [0.5, 0.6) is 0 Å². The quantitative estimate of drug-likeness (QED) is 0.918. The highest BCUT2D eigenvalue weighted by atomic mass is 16.2. The fourth-order valence-corrected chi connectivity index (χ4v) is 2.78. The SMILES string of the molecule is CN1CCN=C1NCc1ccc(N2CCCCC2=O)cc1. The molecule has 0 saturated carbocycles. The number of carbonyl (C=O) groups excluding carboxylic acids is 1. The molecule has 2 aliphatic heterocycles. The molecule has 2 aliphatic rings. The van der Waals surface area contributed by atoms with E-state index in [0.29, 0.717) is 6.42 Å². The van der Waals surface area contributed by atoms with Gasteiger partial charge in [-0.15, -0.1) is 0 Å². The van der Waals surface area contributed by atoms with E-state index in [0.717, 1.165) is 50.7 Å². The number of aliphatic imine (C=N–C) groups is 1. The molecule has 1 aromatic rings. The smallest absolute Gasteiger partial charge is 0.226 e. The molecule has 0 unspecified atom stereocenters. The first-order valence-electron chi connectivity index (χ1n) is 7.63. The fraction of sp³-hybridized carbons (Fsp3) is 0.500. The van der Waals surface area contributed by atoms with Crippen molar-refractivity contribution in [3.05, 3.63) is 29.8 Å². The first kappa shape index (κ1) is 13.9. The average Bonchev–Trinajstić information content (AvgIpc) is 2.92. The first-order valence-corrected chi connectivity index (χ1v) is 7.63. The third-order valence-electron chi connectivity index (χ3n) is 4.08. The Morgan fingerprint density at radius 1 is 1.19 bits per heavy atom. The Labute approximate surface area is 125 Å². The molecule has 21 heavy (non-hydrogen) atoms. The summed E-state index contributed by atoms with van der Waals surface area (Å²) in [5.74, 6) is 1.21. The van der Waals surface area contributed by atoms with Crippen LogP contribution in [0.2, 0.25) is 0 Å². The molecule has 5 nitrogen and oxygen atoms in total. The van der Waals surface area contributed by atoms with Crippen LogP contribution in [0, 0.1) is 0 Å². The summed E-state index contributed by atoms with van der Waals surface area (Å²) in [7, 11) is 2.05. The zero-order chi connectivity index (χ0) is 14.7. The van der Waals surface area contributed by atoms with Gasteiger partial charge >= 0.3 is 0 Å². The molecule has 3 rings (SSSR count). The lowest BCUT2D eigenvalue weighted by Gasteiger charge is -2.27. The Hall–Kier alpha value is -2.04. The number of anilines is 1. The van der Waals surface area contributed by atoms with Crippen LogP contribution in [0.25, 0.3) is 0 Å². The summed E-state index contributed by atoms with van der Waals surface area (Å²) < 4.78 is 0. The van der Waals surface area contributed by atoms with Crippen LogP contribution >= 0.6 is 0 Å². The summed E-state index contributed by atoms with van der Waals surface area (Å²) in [6.45, 7) is 3.46. The zero-order valence-corrected chi connectivity index (χ0v) is 12.5. The van der Waals surface area contributed by atoms with E-state index in [4.69, 9.17) is 0 Å². The fourth-order valence-electron chi connectivity index (χ4n) is 2.78. The molecule has 1 aromatic carbocycles. The topological polar surface area (TPSA) is 47.9 Å². The summed E-state index contributed by atoms with van der Waals surface area (Å²) >= 11 is 0.